The van der Waals surface area contributed by atoms with E-state index in [0.717, 1.165) is 17.7 Å². The van der Waals surface area contributed by atoms with E-state index < -0.39 is 6.03 Å². The molecule has 76 valence electrons. The van der Waals surface area contributed by atoms with Gasteiger partial charge in [-0.1, -0.05) is 18.2 Å². The fraction of sp³-hybridized carbons (Fsp3) is 0.300. The summed E-state index contributed by atoms with van der Waals surface area (Å²) in [6.07, 6.45) is 0.744. The predicted octanol–water partition coefficient (Wildman–Crippen LogP) is 0.703. The number of amides is 2. The van der Waals surface area contributed by atoms with Crippen molar-refractivity contribution in [1.82, 2.24) is 0 Å². The molecule has 0 aliphatic rings. The summed E-state index contributed by atoms with van der Waals surface area (Å²) in [4.78, 5) is 12.4. The van der Waals surface area contributed by atoms with Crippen LogP contribution in [0.5, 0.6) is 0 Å². The van der Waals surface area contributed by atoms with Crippen molar-refractivity contribution in [3.8, 4) is 0 Å². The smallest absolute Gasteiger partial charge is 0.319 e. The Morgan fingerprint density at radius 3 is 2.64 bits per heavy atom. The Morgan fingerprint density at radius 1 is 1.43 bits per heavy atom. The van der Waals surface area contributed by atoms with Gasteiger partial charge in [0.1, 0.15) is 0 Å². The van der Waals surface area contributed by atoms with Crippen LogP contribution in [0.2, 0.25) is 0 Å². The van der Waals surface area contributed by atoms with Crippen molar-refractivity contribution in [2.45, 2.75) is 6.42 Å². The van der Waals surface area contributed by atoms with E-state index in [2.05, 4.69) is 0 Å². The monoisotopic (exact) mass is 193 g/mol. The third-order valence-electron chi connectivity index (χ3n) is 2.10. The van der Waals surface area contributed by atoms with E-state index in [1.165, 1.54) is 4.90 Å². The van der Waals surface area contributed by atoms with Gasteiger partial charge in [-0.15, -0.1) is 0 Å². The summed E-state index contributed by atoms with van der Waals surface area (Å²) in [6.45, 7) is 0.559. The second-order valence-corrected chi connectivity index (χ2v) is 3.06. The first kappa shape index (κ1) is 10.5. The molecule has 0 aromatic heterocycles. The normalized spacial score (nSPS) is 9.86. The maximum absolute atomic E-state index is 11.0. The Bertz CT molecular complexity index is 325. The van der Waals surface area contributed by atoms with Gasteiger partial charge in [0, 0.05) is 12.7 Å². The number of anilines is 1. The second kappa shape index (κ2) is 4.62. The molecule has 4 nitrogen and oxygen atoms in total. The zero-order valence-corrected chi connectivity index (χ0v) is 8.23. The molecule has 1 aromatic carbocycles. The molecule has 4 heteroatoms. The van der Waals surface area contributed by atoms with Gasteiger partial charge in [0.15, 0.2) is 0 Å². The third-order valence-corrected chi connectivity index (χ3v) is 2.10. The highest BCUT2D eigenvalue weighted by Gasteiger charge is 2.09. The van der Waals surface area contributed by atoms with Gasteiger partial charge < -0.3 is 11.5 Å². The van der Waals surface area contributed by atoms with Crippen LogP contribution in [0.3, 0.4) is 0 Å². The summed E-state index contributed by atoms with van der Waals surface area (Å²) >= 11 is 0. The summed E-state index contributed by atoms with van der Waals surface area (Å²) < 4.78 is 0. The Morgan fingerprint density at radius 2 is 2.07 bits per heavy atom. The molecule has 14 heavy (non-hydrogen) atoms. The zero-order valence-electron chi connectivity index (χ0n) is 8.23. The van der Waals surface area contributed by atoms with Crippen LogP contribution >= 0.6 is 0 Å². The molecule has 4 N–H and O–H groups in total. The van der Waals surface area contributed by atoms with Gasteiger partial charge in [0.2, 0.25) is 0 Å². The Kier molecular flexibility index (Phi) is 3.48. The fourth-order valence-corrected chi connectivity index (χ4v) is 1.32. The van der Waals surface area contributed by atoms with Crippen LogP contribution in [0.4, 0.5) is 10.5 Å². The molecule has 0 radical (unpaired) electrons. The number of para-hydroxylation sites is 1. The summed E-state index contributed by atoms with van der Waals surface area (Å²) in [5.74, 6) is 0. The quantitative estimate of drug-likeness (QED) is 0.741. The standard InChI is InChI=1S/C10H15N3O/c1-13(10(12)14)9-5-3-2-4-8(9)6-7-11/h2-5H,6-7,11H2,1H3,(H2,12,14). The number of primary amides is 1. The average Bonchev–Trinajstić information content (AvgIpc) is 2.18. The number of benzene rings is 1. The van der Waals surface area contributed by atoms with Crippen molar-refractivity contribution >= 4 is 11.7 Å². The number of nitrogens with two attached hydrogens (primary N) is 2. The van der Waals surface area contributed by atoms with Crippen LogP contribution in [-0.4, -0.2) is 19.6 Å². The molecule has 1 aromatic rings. The highest BCUT2D eigenvalue weighted by molar-refractivity contribution is 5.90. The van der Waals surface area contributed by atoms with Crippen molar-refractivity contribution in [2.75, 3.05) is 18.5 Å². The molecular formula is C10H15N3O. The van der Waals surface area contributed by atoms with E-state index in [1.807, 2.05) is 24.3 Å². The van der Waals surface area contributed by atoms with E-state index >= 15 is 0 Å². The molecule has 1 rings (SSSR count). The van der Waals surface area contributed by atoms with Crippen molar-refractivity contribution < 1.29 is 4.79 Å². The minimum absolute atomic E-state index is 0.463. The van der Waals surface area contributed by atoms with Gasteiger partial charge in [0.05, 0.1) is 0 Å². The van der Waals surface area contributed by atoms with Gasteiger partial charge in [-0.25, -0.2) is 4.79 Å². The highest BCUT2D eigenvalue weighted by Crippen LogP contribution is 2.18. The van der Waals surface area contributed by atoms with Crippen LogP contribution < -0.4 is 16.4 Å². The highest BCUT2D eigenvalue weighted by atomic mass is 16.2. The van der Waals surface area contributed by atoms with Gasteiger partial charge in [-0.3, -0.25) is 4.90 Å². The molecular weight excluding hydrogens is 178 g/mol. The van der Waals surface area contributed by atoms with Crippen LogP contribution in [0.25, 0.3) is 0 Å². The number of rotatable bonds is 3. The van der Waals surface area contributed by atoms with Gasteiger partial charge >= 0.3 is 6.03 Å². The largest absolute Gasteiger partial charge is 0.351 e. The molecule has 0 spiro atoms. The van der Waals surface area contributed by atoms with Crippen molar-refractivity contribution in [2.24, 2.45) is 11.5 Å². The maximum Gasteiger partial charge on any atom is 0.319 e. The Labute approximate surface area is 83.5 Å². The molecule has 2 amide bonds. The Hall–Kier alpha value is -1.55. The molecule has 0 unspecified atom stereocenters. The topological polar surface area (TPSA) is 72.3 Å². The molecule has 0 saturated heterocycles. The number of hydrogen-bond donors (Lipinski definition) is 2. The van der Waals surface area contributed by atoms with E-state index in [9.17, 15) is 4.79 Å². The molecule has 0 aliphatic carbocycles. The fourth-order valence-electron chi connectivity index (χ4n) is 1.32. The lowest BCUT2D eigenvalue weighted by molar-refractivity contribution is 0.255. The number of urea groups is 1. The molecule has 0 atom stereocenters. The van der Waals surface area contributed by atoms with Gasteiger partial charge in [-0.05, 0) is 24.6 Å². The predicted molar refractivity (Wildman–Crippen MR) is 57.2 cm³/mol. The summed E-state index contributed by atoms with van der Waals surface area (Å²) in [5.41, 5.74) is 12.5. The van der Waals surface area contributed by atoms with Gasteiger partial charge in [-0.2, -0.15) is 0 Å². The first-order valence-electron chi connectivity index (χ1n) is 4.48. The number of nitrogens with zero attached hydrogens (tertiary/aromatic N) is 1. The maximum atomic E-state index is 11.0. The first-order chi connectivity index (χ1) is 6.66. The summed E-state index contributed by atoms with van der Waals surface area (Å²) in [5, 5.41) is 0. The number of carbonyl (C=O) groups excluding carboxylic acids is 1. The third kappa shape index (κ3) is 2.23. The molecule has 0 bridgehead atoms. The lowest BCUT2D eigenvalue weighted by Crippen LogP contribution is -2.32. The Balaban J connectivity index is 3.00. The van der Waals surface area contributed by atoms with E-state index in [4.69, 9.17) is 11.5 Å². The van der Waals surface area contributed by atoms with Crippen molar-refractivity contribution in [3.05, 3.63) is 29.8 Å². The first-order valence-corrected chi connectivity index (χ1v) is 4.48. The molecule has 0 saturated carbocycles. The minimum atomic E-state index is -0.463. The zero-order chi connectivity index (χ0) is 10.6. The van der Waals surface area contributed by atoms with E-state index in [-0.39, 0.29) is 0 Å². The average molecular weight is 193 g/mol. The van der Waals surface area contributed by atoms with E-state index in [1.54, 1.807) is 7.05 Å². The minimum Gasteiger partial charge on any atom is -0.351 e. The van der Waals surface area contributed by atoms with Crippen LogP contribution in [0.15, 0.2) is 24.3 Å². The van der Waals surface area contributed by atoms with Gasteiger partial charge in [0.25, 0.3) is 0 Å². The lowest BCUT2D eigenvalue weighted by atomic mass is 10.1. The number of carbonyl (C=O) groups is 1. The summed E-state index contributed by atoms with van der Waals surface area (Å²) in [7, 11) is 1.65. The lowest BCUT2D eigenvalue weighted by Gasteiger charge is -2.17. The SMILES string of the molecule is CN(C(N)=O)c1ccccc1CCN. The summed E-state index contributed by atoms with van der Waals surface area (Å²) in [6, 6.07) is 7.13. The molecule has 0 fully saturated rings. The van der Waals surface area contributed by atoms with Crippen LogP contribution in [0.1, 0.15) is 5.56 Å². The number of hydrogen-bond acceptors (Lipinski definition) is 2. The second-order valence-electron chi connectivity index (χ2n) is 3.06. The molecule has 0 heterocycles. The van der Waals surface area contributed by atoms with Crippen LogP contribution in [0, 0.1) is 0 Å². The van der Waals surface area contributed by atoms with E-state index in [0.29, 0.717) is 6.54 Å². The molecule has 0 aliphatic heterocycles. The van der Waals surface area contributed by atoms with Crippen LogP contribution in [-0.2, 0) is 6.42 Å². The van der Waals surface area contributed by atoms with Crippen molar-refractivity contribution in [3.63, 3.8) is 0 Å². The van der Waals surface area contributed by atoms with Crippen molar-refractivity contribution in [1.29, 1.82) is 0 Å².